The number of anilines is 1. The van der Waals surface area contributed by atoms with E-state index < -0.39 is 0 Å². The second-order valence-corrected chi connectivity index (χ2v) is 4.97. The molecular weight excluding hydrogens is 255 g/mol. The molecule has 0 aliphatic carbocycles. The Morgan fingerprint density at radius 1 is 1.45 bits per heavy atom. The molecule has 0 amide bonds. The summed E-state index contributed by atoms with van der Waals surface area (Å²) in [6.45, 7) is 6.04. The van der Waals surface area contributed by atoms with Crippen LogP contribution in [0.25, 0.3) is 10.9 Å². The lowest BCUT2D eigenvalue weighted by Crippen LogP contribution is -2.23. The Labute approximate surface area is 117 Å². The Morgan fingerprint density at radius 3 is 3.20 bits per heavy atom. The molecule has 1 unspecified atom stereocenters. The van der Waals surface area contributed by atoms with Crippen LogP contribution in [0.3, 0.4) is 0 Å². The first-order valence-electron chi connectivity index (χ1n) is 6.79. The van der Waals surface area contributed by atoms with Gasteiger partial charge in [0.2, 0.25) is 0 Å². The van der Waals surface area contributed by atoms with Gasteiger partial charge in [0, 0.05) is 36.4 Å². The molecule has 3 rings (SSSR count). The highest BCUT2D eigenvalue weighted by Gasteiger charge is 2.24. The second-order valence-electron chi connectivity index (χ2n) is 4.97. The number of benzene rings is 1. The number of hydrogen-bond acceptors (Lipinski definition) is 3. The molecule has 1 atom stereocenters. The summed E-state index contributed by atoms with van der Waals surface area (Å²) in [6, 6.07) is 6.73. The molecule has 4 heteroatoms. The van der Waals surface area contributed by atoms with Crippen molar-refractivity contribution in [2.24, 2.45) is 0 Å². The molecule has 0 N–H and O–H groups in total. The zero-order valence-corrected chi connectivity index (χ0v) is 11.3. The topological polar surface area (TPSA) is 25.4 Å². The van der Waals surface area contributed by atoms with Gasteiger partial charge < -0.3 is 9.64 Å². The third kappa shape index (κ3) is 2.51. The van der Waals surface area contributed by atoms with Gasteiger partial charge in [0.1, 0.15) is 5.82 Å². The van der Waals surface area contributed by atoms with E-state index in [0.717, 1.165) is 30.6 Å². The number of halogens is 1. The third-order valence-corrected chi connectivity index (χ3v) is 3.62. The fourth-order valence-corrected chi connectivity index (χ4v) is 2.67. The highest BCUT2D eigenvalue weighted by atomic mass is 19.1. The summed E-state index contributed by atoms with van der Waals surface area (Å²) in [4.78, 5) is 6.51. The van der Waals surface area contributed by atoms with Gasteiger partial charge >= 0.3 is 0 Å². The minimum absolute atomic E-state index is 0.233. The van der Waals surface area contributed by atoms with Crippen LogP contribution in [0.2, 0.25) is 0 Å². The van der Waals surface area contributed by atoms with Crippen LogP contribution < -0.4 is 4.90 Å². The average molecular weight is 272 g/mol. The SMILES string of the molecule is C=CCOC1CCN(c2ccnc3cc(F)ccc23)C1. The monoisotopic (exact) mass is 272 g/mol. The van der Waals surface area contributed by atoms with Crippen molar-refractivity contribution < 1.29 is 9.13 Å². The largest absolute Gasteiger partial charge is 0.372 e. The maximum Gasteiger partial charge on any atom is 0.125 e. The van der Waals surface area contributed by atoms with E-state index in [1.54, 1.807) is 18.3 Å². The third-order valence-electron chi connectivity index (χ3n) is 3.62. The number of pyridine rings is 1. The number of hydrogen-bond donors (Lipinski definition) is 0. The molecule has 20 heavy (non-hydrogen) atoms. The number of aromatic nitrogens is 1. The van der Waals surface area contributed by atoms with Crippen molar-refractivity contribution in [3.05, 3.63) is 48.9 Å². The molecule has 1 fully saturated rings. The lowest BCUT2D eigenvalue weighted by molar-refractivity contribution is 0.0909. The Hall–Kier alpha value is -1.94. The molecule has 1 saturated heterocycles. The fourth-order valence-electron chi connectivity index (χ4n) is 2.67. The number of fused-ring (bicyclic) bond motifs is 1. The summed E-state index contributed by atoms with van der Waals surface area (Å²) in [6.07, 6.45) is 4.73. The van der Waals surface area contributed by atoms with E-state index in [2.05, 4.69) is 16.5 Å². The molecule has 1 aromatic heterocycles. The van der Waals surface area contributed by atoms with E-state index in [4.69, 9.17) is 4.74 Å². The smallest absolute Gasteiger partial charge is 0.125 e. The van der Waals surface area contributed by atoms with Gasteiger partial charge in [-0.3, -0.25) is 4.98 Å². The van der Waals surface area contributed by atoms with Crippen molar-refractivity contribution in [3.63, 3.8) is 0 Å². The Kier molecular flexibility index (Phi) is 3.65. The fraction of sp³-hybridized carbons (Fsp3) is 0.312. The van der Waals surface area contributed by atoms with Gasteiger partial charge in [-0.2, -0.15) is 0 Å². The predicted octanol–water partition coefficient (Wildman–Crippen LogP) is 3.16. The lowest BCUT2D eigenvalue weighted by Gasteiger charge is -2.20. The average Bonchev–Trinajstić information content (AvgIpc) is 2.92. The van der Waals surface area contributed by atoms with Gasteiger partial charge in [-0.05, 0) is 24.6 Å². The quantitative estimate of drug-likeness (QED) is 0.799. The van der Waals surface area contributed by atoms with E-state index in [-0.39, 0.29) is 11.9 Å². The normalized spacial score (nSPS) is 18.6. The molecule has 1 aromatic carbocycles. The van der Waals surface area contributed by atoms with Crippen LogP contribution >= 0.6 is 0 Å². The molecule has 0 radical (unpaired) electrons. The van der Waals surface area contributed by atoms with Gasteiger partial charge in [0.05, 0.1) is 18.2 Å². The highest BCUT2D eigenvalue weighted by Crippen LogP contribution is 2.29. The van der Waals surface area contributed by atoms with Crippen LogP contribution in [0.5, 0.6) is 0 Å². The molecular formula is C16H17FN2O. The molecule has 3 nitrogen and oxygen atoms in total. The molecule has 1 aliphatic rings. The summed E-state index contributed by atoms with van der Waals surface area (Å²) in [5.74, 6) is -0.254. The van der Waals surface area contributed by atoms with E-state index in [1.165, 1.54) is 12.1 Å². The maximum absolute atomic E-state index is 13.3. The van der Waals surface area contributed by atoms with Crippen molar-refractivity contribution in [1.82, 2.24) is 4.98 Å². The molecule has 0 spiro atoms. The highest BCUT2D eigenvalue weighted by molar-refractivity contribution is 5.91. The summed E-state index contributed by atoms with van der Waals surface area (Å²) in [7, 11) is 0. The van der Waals surface area contributed by atoms with Crippen LogP contribution in [0.4, 0.5) is 10.1 Å². The van der Waals surface area contributed by atoms with Crippen molar-refractivity contribution >= 4 is 16.6 Å². The van der Waals surface area contributed by atoms with Gasteiger partial charge in [-0.15, -0.1) is 6.58 Å². The van der Waals surface area contributed by atoms with Crippen LogP contribution in [-0.2, 0) is 4.74 Å². The predicted molar refractivity (Wildman–Crippen MR) is 78.5 cm³/mol. The van der Waals surface area contributed by atoms with Crippen LogP contribution in [0.15, 0.2) is 43.1 Å². The molecule has 2 aromatic rings. The minimum atomic E-state index is -0.254. The first kappa shape index (κ1) is 13.1. The standard InChI is InChI=1S/C16H17FN2O/c1-2-9-20-13-6-8-19(11-13)16-5-7-18-15-10-12(17)3-4-14(15)16/h2-5,7,10,13H,1,6,8-9,11H2. The maximum atomic E-state index is 13.3. The van der Waals surface area contributed by atoms with Crippen molar-refractivity contribution in [2.75, 3.05) is 24.6 Å². The van der Waals surface area contributed by atoms with E-state index in [9.17, 15) is 4.39 Å². The lowest BCUT2D eigenvalue weighted by atomic mass is 10.1. The zero-order chi connectivity index (χ0) is 13.9. The molecule has 0 saturated carbocycles. The molecule has 104 valence electrons. The second kappa shape index (κ2) is 5.59. The minimum Gasteiger partial charge on any atom is -0.372 e. The van der Waals surface area contributed by atoms with Crippen molar-refractivity contribution in [3.8, 4) is 0 Å². The number of rotatable bonds is 4. The Balaban J connectivity index is 1.86. The molecule has 0 bridgehead atoms. The first-order chi connectivity index (χ1) is 9.78. The van der Waals surface area contributed by atoms with Crippen molar-refractivity contribution in [2.45, 2.75) is 12.5 Å². The summed E-state index contributed by atoms with van der Waals surface area (Å²) < 4.78 is 19.0. The Morgan fingerprint density at radius 2 is 2.35 bits per heavy atom. The molecule has 2 heterocycles. The van der Waals surface area contributed by atoms with Crippen molar-refractivity contribution in [1.29, 1.82) is 0 Å². The van der Waals surface area contributed by atoms with E-state index >= 15 is 0 Å². The summed E-state index contributed by atoms with van der Waals surface area (Å²) in [5.41, 5.74) is 1.79. The first-order valence-corrected chi connectivity index (χ1v) is 6.79. The number of nitrogens with zero attached hydrogens (tertiary/aromatic N) is 2. The van der Waals surface area contributed by atoms with Crippen LogP contribution in [-0.4, -0.2) is 30.8 Å². The molecule has 1 aliphatic heterocycles. The van der Waals surface area contributed by atoms with E-state index in [0.29, 0.717) is 12.1 Å². The Bertz CT molecular complexity index is 629. The number of ether oxygens (including phenoxy) is 1. The van der Waals surface area contributed by atoms with Gasteiger partial charge in [0.25, 0.3) is 0 Å². The van der Waals surface area contributed by atoms with E-state index in [1.807, 2.05) is 6.07 Å². The zero-order valence-electron chi connectivity index (χ0n) is 11.3. The van der Waals surface area contributed by atoms with Crippen LogP contribution in [0.1, 0.15) is 6.42 Å². The van der Waals surface area contributed by atoms with Crippen LogP contribution in [0, 0.1) is 5.82 Å². The summed E-state index contributed by atoms with van der Waals surface area (Å²) in [5, 5.41) is 0.985. The van der Waals surface area contributed by atoms with Gasteiger partial charge in [-0.1, -0.05) is 6.08 Å². The van der Waals surface area contributed by atoms with Gasteiger partial charge in [0.15, 0.2) is 0 Å². The van der Waals surface area contributed by atoms with Gasteiger partial charge in [-0.25, -0.2) is 4.39 Å². The summed E-state index contributed by atoms with van der Waals surface area (Å²) >= 11 is 0.